The molecule has 1 amide bonds. The van der Waals surface area contributed by atoms with Gasteiger partial charge >= 0.3 is 5.97 Å². The van der Waals surface area contributed by atoms with Gasteiger partial charge in [0.05, 0.1) is 6.42 Å². The van der Waals surface area contributed by atoms with Gasteiger partial charge in [0.25, 0.3) is 0 Å². The van der Waals surface area contributed by atoms with Crippen LogP contribution in [0.1, 0.15) is 50.8 Å². The number of nitrogens with two attached hydrogens (primary N) is 1. The fourth-order valence-corrected chi connectivity index (χ4v) is 3.63. The molecule has 1 aliphatic heterocycles. The van der Waals surface area contributed by atoms with Crippen LogP contribution in [0.3, 0.4) is 0 Å². The van der Waals surface area contributed by atoms with Crippen LogP contribution in [0.25, 0.3) is 0 Å². The van der Waals surface area contributed by atoms with Crippen LogP contribution in [0.2, 0.25) is 0 Å². The number of hydrogen-bond acceptors (Lipinski definition) is 5. The van der Waals surface area contributed by atoms with Crippen molar-refractivity contribution < 1.29 is 14.3 Å². The quantitative estimate of drug-likeness (QED) is 0.749. The number of ether oxygens (including phenoxy) is 1. The zero-order valence-electron chi connectivity index (χ0n) is 14.7. The molecule has 2 heterocycles. The number of nitrogens with zero attached hydrogens (tertiary/aromatic N) is 3. The summed E-state index contributed by atoms with van der Waals surface area (Å²) < 4.78 is 7.42. The van der Waals surface area contributed by atoms with E-state index in [0.29, 0.717) is 32.4 Å². The van der Waals surface area contributed by atoms with Gasteiger partial charge in [0, 0.05) is 50.9 Å². The van der Waals surface area contributed by atoms with Gasteiger partial charge < -0.3 is 19.9 Å². The van der Waals surface area contributed by atoms with Crippen molar-refractivity contribution in [1.82, 2.24) is 14.5 Å². The van der Waals surface area contributed by atoms with E-state index in [1.54, 1.807) is 6.20 Å². The summed E-state index contributed by atoms with van der Waals surface area (Å²) in [6, 6.07) is 0.108. The molecule has 0 bridgehead atoms. The normalized spacial score (nSPS) is 21.0. The second-order valence-electron chi connectivity index (χ2n) is 7.07. The standard InChI is InChI=1S/C18H28N4O3/c19-14-7-10-22(13-14)17(23)6-5-16-20-9-12-21(16)11-8-18(24)25-15-3-1-2-4-15/h9,12,14-15H,1-8,10-11,13,19H2. The molecular weight excluding hydrogens is 320 g/mol. The van der Waals surface area contributed by atoms with E-state index in [4.69, 9.17) is 10.5 Å². The maximum Gasteiger partial charge on any atom is 0.307 e. The molecule has 1 saturated heterocycles. The van der Waals surface area contributed by atoms with Crippen molar-refractivity contribution in [3.05, 3.63) is 18.2 Å². The van der Waals surface area contributed by atoms with Crippen LogP contribution in [0.15, 0.2) is 12.4 Å². The molecule has 3 rings (SSSR count). The largest absolute Gasteiger partial charge is 0.462 e. The van der Waals surface area contributed by atoms with Crippen LogP contribution >= 0.6 is 0 Å². The Morgan fingerprint density at radius 2 is 2.04 bits per heavy atom. The fraction of sp³-hybridized carbons (Fsp3) is 0.722. The van der Waals surface area contributed by atoms with Gasteiger partial charge in [-0.05, 0) is 32.1 Å². The summed E-state index contributed by atoms with van der Waals surface area (Å²) in [5.74, 6) is 0.822. The first-order chi connectivity index (χ1) is 12.1. The van der Waals surface area contributed by atoms with Crippen LogP contribution in [0.4, 0.5) is 0 Å². The van der Waals surface area contributed by atoms with Gasteiger partial charge in [-0.25, -0.2) is 4.98 Å². The molecule has 25 heavy (non-hydrogen) atoms. The smallest absolute Gasteiger partial charge is 0.307 e. The number of esters is 1. The molecule has 2 N–H and O–H groups in total. The Kier molecular flexibility index (Phi) is 6.07. The zero-order chi connectivity index (χ0) is 17.6. The van der Waals surface area contributed by atoms with Crippen LogP contribution in [-0.4, -0.2) is 51.6 Å². The second kappa shape index (κ2) is 8.47. The number of carbonyl (C=O) groups excluding carboxylic acids is 2. The van der Waals surface area contributed by atoms with Gasteiger partial charge in [-0.1, -0.05) is 0 Å². The van der Waals surface area contributed by atoms with E-state index < -0.39 is 0 Å². The molecule has 1 atom stereocenters. The van der Waals surface area contributed by atoms with E-state index in [2.05, 4.69) is 4.98 Å². The Labute approximate surface area is 148 Å². The number of carbonyl (C=O) groups is 2. The highest BCUT2D eigenvalue weighted by Crippen LogP contribution is 2.21. The van der Waals surface area contributed by atoms with Crippen LogP contribution in [0, 0.1) is 0 Å². The number of aryl methyl sites for hydroxylation is 2. The van der Waals surface area contributed by atoms with Crippen molar-refractivity contribution in [2.45, 2.75) is 70.1 Å². The van der Waals surface area contributed by atoms with E-state index in [-0.39, 0.29) is 24.0 Å². The lowest BCUT2D eigenvalue weighted by atomic mass is 10.2. The lowest BCUT2D eigenvalue weighted by molar-refractivity contribution is -0.149. The third-order valence-electron chi connectivity index (χ3n) is 5.10. The molecule has 1 unspecified atom stereocenters. The first-order valence-corrected chi connectivity index (χ1v) is 9.34. The van der Waals surface area contributed by atoms with Crippen molar-refractivity contribution in [2.75, 3.05) is 13.1 Å². The molecule has 138 valence electrons. The van der Waals surface area contributed by atoms with Gasteiger partial charge in [0.2, 0.25) is 5.91 Å². The summed E-state index contributed by atoms with van der Waals surface area (Å²) in [6.07, 6.45) is 10.2. The minimum atomic E-state index is -0.145. The number of hydrogen-bond donors (Lipinski definition) is 1. The minimum absolute atomic E-state index is 0.108. The molecule has 0 aromatic carbocycles. The maximum absolute atomic E-state index is 12.2. The van der Waals surface area contributed by atoms with Crippen molar-refractivity contribution in [3.8, 4) is 0 Å². The fourth-order valence-electron chi connectivity index (χ4n) is 3.63. The number of amides is 1. The Morgan fingerprint density at radius 3 is 2.76 bits per heavy atom. The first kappa shape index (κ1) is 17.9. The lowest BCUT2D eigenvalue weighted by Gasteiger charge is -2.16. The Hall–Kier alpha value is -1.89. The molecule has 1 aromatic rings. The monoisotopic (exact) mass is 348 g/mol. The van der Waals surface area contributed by atoms with Gasteiger partial charge in [-0.3, -0.25) is 9.59 Å². The molecule has 7 nitrogen and oxygen atoms in total. The summed E-state index contributed by atoms with van der Waals surface area (Å²) in [5.41, 5.74) is 5.85. The van der Waals surface area contributed by atoms with Crippen molar-refractivity contribution in [2.24, 2.45) is 5.73 Å². The predicted molar refractivity (Wildman–Crippen MR) is 92.7 cm³/mol. The molecule has 2 fully saturated rings. The summed E-state index contributed by atoms with van der Waals surface area (Å²) in [4.78, 5) is 30.3. The number of likely N-dealkylation sites (tertiary alicyclic amines) is 1. The van der Waals surface area contributed by atoms with Crippen LogP contribution < -0.4 is 5.73 Å². The predicted octanol–water partition coefficient (Wildman–Crippen LogP) is 1.25. The van der Waals surface area contributed by atoms with Gasteiger partial charge in [-0.15, -0.1) is 0 Å². The van der Waals surface area contributed by atoms with Gasteiger partial charge in [-0.2, -0.15) is 0 Å². The van der Waals surface area contributed by atoms with Gasteiger partial charge in [0.1, 0.15) is 11.9 Å². The first-order valence-electron chi connectivity index (χ1n) is 9.34. The van der Waals surface area contributed by atoms with E-state index in [0.717, 1.165) is 44.5 Å². The van der Waals surface area contributed by atoms with E-state index in [1.165, 1.54) is 0 Å². The Balaban J connectivity index is 1.42. The molecule has 1 aliphatic carbocycles. The maximum atomic E-state index is 12.2. The third kappa shape index (κ3) is 5.04. The van der Waals surface area contributed by atoms with E-state index in [1.807, 2.05) is 15.7 Å². The highest BCUT2D eigenvalue weighted by atomic mass is 16.5. The van der Waals surface area contributed by atoms with Crippen LogP contribution in [-0.2, 0) is 27.3 Å². The summed E-state index contributed by atoms with van der Waals surface area (Å²) in [5, 5.41) is 0. The third-order valence-corrected chi connectivity index (χ3v) is 5.10. The Bertz CT molecular complexity index is 595. The zero-order valence-corrected chi connectivity index (χ0v) is 14.7. The highest BCUT2D eigenvalue weighted by Gasteiger charge is 2.23. The Morgan fingerprint density at radius 1 is 1.24 bits per heavy atom. The minimum Gasteiger partial charge on any atom is -0.462 e. The van der Waals surface area contributed by atoms with Crippen molar-refractivity contribution in [1.29, 1.82) is 0 Å². The van der Waals surface area contributed by atoms with E-state index in [9.17, 15) is 9.59 Å². The van der Waals surface area contributed by atoms with Crippen molar-refractivity contribution in [3.63, 3.8) is 0 Å². The summed E-state index contributed by atoms with van der Waals surface area (Å²) >= 11 is 0. The number of rotatable bonds is 7. The molecule has 0 radical (unpaired) electrons. The summed E-state index contributed by atoms with van der Waals surface area (Å²) in [7, 11) is 0. The summed E-state index contributed by atoms with van der Waals surface area (Å²) in [6.45, 7) is 1.95. The molecule has 2 aliphatic rings. The van der Waals surface area contributed by atoms with E-state index >= 15 is 0 Å². The number of imidazole rings is 1. The SMILES string of the molecule is NC1CCN(C(=O)CCc2nccn2CCC(=O)OC2CCCC2)C1. The molecule has 0 spiro atoms. The number of aromatic nitrogens is 2. The van der Waals surface area contributed by atoms with Gasteiger partial charge in [0.15, 0.2) is 0 Å². The highest BCUT2D eigenvalue weighted by molar-refractivity contribution is 5.76. The molecular formula is C18H28N4O3. The van der Waals surface area contributed by atoms with Crippen molar-refractivity contribution >= 4 is 11.9 Å². The topological polar surface area (TPSA) is 90.5 Å². The molecule has 1 saturated carbocycles. The molecule has 1 aromatic heterocycles. The lowest BCUT2D eigenvalue weighted by Crippen LogP contribution is -2.32. The molecule has 7 heteroatoms. The second-order valence-corrected chi connectivity index (χ2v) is 7.07. The average molecular weight is 348 g/mol. The van der Waals surface area contributed by atoms with Crippen LogP contribution in [0.5, 0.6) is 0 Å². The average Bonchev–Trinajstić information content (AvgIpc) is 3.32.